The van der Waals surface area contributed by atoms with E-state index in [-0.39, 0.29) is 0 Å². The fourth-order valence-electron chi connectivity index (χ4n) is 2.97. The highest BCUT2D eigenvalue weighted by molar-refractivity contribution is 5.83. The third-order valence-corrected chi connectivity index (χ3v) is 4.15. The number of benzene rings is 2. The Kier molecular flexibility index (Phi) is 3.36. The monoisotopic (exact) mass is 313 g/mol. The Morgan fingerprint density at radius 3 is 2.88 bits per heavy atom. The van der Waals surface area contributed by atoms with E-state index in [4.69, 9.17) is 0 Å². The normalized spacial score (nSPS) is 10.8. The first kappa shape index (κ1) is 14.2. The Hall–Kier alpha value is -3.39. The largest absolute Gasteiger partial charge is 0.361 e. The van der Waals surface area contributed by atoms with E-state index in [2.05, 4.69) is 27.4 Å². The molecule has 5 heteroatoms. The van der Waals surface area contributed by atoms with Gasteiger partial charge in [-0.15, -0.1) is 5.10 Å². The first-order chi connectivity index (χ1) is 11.8. The van der Waals surface area contributed by atoms with Crippen molar-refractivity contribution in [2.24, 2.45) is 0 Å². The van der Waals surface area contributed by atoms with Gasteiger partial charge in [-0.25, -0.2) is 4.68 Å². The van der Waals surface area contributed by atoms with Crippen LogP contribution in [0.25, 0.3) is 16.6 Å². The second-order valence-electron chi connectivity index (χ2n) is 5.78. The van der Waals surface area contributed by atoms with Crippen LogP contribution in [-0.2, 0) is 6.42 Å². The van der Waals surface area contributed by atoms with Crippen molar-refractivity contribution in [2.75, 3.05) is 0 Å². The van der Waals surface area contributed by atoms with Gasteiger partial charge in [0.15, 0.2) is 5.69 Å². The number of nitriles is 1. The standard InChI is InChI=1S/C19H15N5/c1-13-5-4-6-15(9-13)24-19(18(11-20)22-23-24)10-14-12-21-17-8-3-2-7-16(14)17/h2-9,12,21H,10H2,1H3. The van der Waals surface area contributed by atoms with E-state index in [1.165, 1.54) is 0 Å². The fourth-order valence-corrected chi connectivity index (χ4v) is 2.97. The van der Waals surface area contributed by atoms with Crippen molar-refractivity contribution in [3.05, 3.63) is 77.2 Å². The van der Waals surface area contributed by atoms with Crippen molar-refractivity contribution in [3.63, 3.8) is 0 Å². The molecule has 0 aliphatic heterocycles. The molecule has 116 valence electrons. The molecule has 4 aromatic rings. The lowest BCUT2D eigenvalue weighted by molar-refractivity contribution is 0.772. The zero-order valence-electron chi connectivity index (χ0n) is 13.2. The summed E-state index contributed by atoms with van der Waals surface area (Å²) in [6.45, 7) is 2.03. The van der Waals surface area contributed by atoms with Gasteiger partial charge in [0.2, 0.25) is 0 Å². The quantitative estimate of drug-likeness (QED) is 0.629. The van der Waals surface area contributed by atoms with Gasteiger partial charge in [0, 0.05) is 23.5 Å². The summed E-state index contributed by atoms with van der Waals surface area (Å²) in [6.07, 6.45) is 2.58. The maximum Gasteiger partial charge on any atom is 0.186 e. The minimum atomic E-state index is 0.363. The van der Waals surface area contributed by atoms with Crippen LogP contribution in [-0.4, -0.2) is 20.0 Å². The van der Waals surface area contributed by atoms with Crippen LogP contribution in [0.5, 0.6) is 0 Å². The summed E-state index contributed by atoms with van der Waals surface area (Å²) < 4.78 is 1.76. The molecule has 0 aliphatic rings. The number of nitrogens with one attached hydrogen (secondary N) is 1. The number of hydrogen-bond acceptors (Lipinski definition) is 3. The van der Waals surface area contributed by atoms with Gasteiger partial charge in [0.1, 0.15) is 6.07 Å². The molecular formula is C19H15N5. The van der Waals surface area contributed by atoms with E-state index in [1.807, 2.05) is 55.6 Å². The third-order valence-electron chi connectivity index (χ3n) is 4.15. The van der Waals surface area contributed by atoms with Crippen LogP contribution in [0.4, 0.5) is 0 Å². The molecule has 2 heterocycles. The number of H-pyrrole nitrogens is 1. The van der Waals surface area contributed by atoms with Crippen molar-refractivity contribution >= 4 is 10.9 Å². The summed E-state index contributed by atoms with van der Waals surface area (Å²) in [6, 6.07) is 18.3. The van der Waals surface area contributed by atoms with Gasteiger partial charge in [-0.3, -0.25) is 0 Å². The fraction of sp³-hybridized carbons (Fsp3) is 0.105. The Balaban J connectivity index is 1.83. The minimum absolute atomic E-state index is 0.363. The molecule has 0 bridgehead atoms. The first-order valence-corrected chi connectivity index (χ1v) is 7.73. The van der Waals surface area contributed by atoms with Gasteiger partial charge in [-0.1, -0.05) is 35.5 Å². The van der Waals surface area contributed by atoms with E-state index < -0.39 is 0 Å². The van der Waals surface area contributed by atoms with Crippen molar-refractivity contribution in [2.45, 2.75) is 13.3 Å². The highest BCUT2D eigenvalue weighted by atomic mass is 15.4. The lowest BCUT2D eigenvalue weighted by Gasteiger charge is -2.07. The van der Waals surface area contributed by atoms with Crippen LogP contribution in [0.15, 0.2) is 54.7 Å². The SMILES string of the molecule is Cc1cccc(-n2nnc(C#N)c2Cc2c[nH]c3ccccc23)c1. The topological polar surface area (TPSA) is 70.3 Å². The molecular weight excluding hydrogens is 298 g/mol. The van der Waals surface area contributed by atoms with Crippen LogP contribution in [0.3, 0.4) is 0 Å². The summed E-state index contributed by atoms with van der Waals surface area (Å²) >= 11 is 0. The lowest BCUT2D eigenvalue weighted by atomic mass is 10.1. The first-order valence-electron chi connectivity index (χ1n) is 7.73. The van der Waals surface area contributed by atoms with Gasteiger partial charge < -0.3 is 4.98 Å². The summed E-state index contributed by atoms with van der Waals surface area (Å²) in [7, 11) is 0. The maximum absolute atomic E-state index is 9.40. The molecule has 4 rings (SSSR count). The van der Waals surface area contributed by atoms with Crippen LogP contribution in [0, 0.1) is 18.3 Å². The minimum Gasteiger partial charge on any atom is -0.361 e. The van der Waals surface area contributed by atoms with Crippen molar-refractivity contribution in [3.8, 4) is 11.8 Å². The summed E-state index contributed by atoms with van der Waals surface area (Å²) in [5.74, 6) is 0. The lowest BCUT2D eigenvalue weighted by Crippen LogP contribution is -2.04. The second-order valence-corrected chi connectivity index (χ2v) is 5.78. The molecule has 0 aliphatic carbocycles. The van der Waals surface area contributed by atoms with Crippen molar-refractivity contribution < 1.29 is 0 Å². The molecule has 0 saturated heterocycles. The molecule has 2 aromatic heterocycles. The van der Waals surface area contributed by atoms with Crippen molar-refractivity contribution in [1.82, 2.24) is 20.0 Å². The van der Waals surface area contributed by atoms with Gasteiger partial charge in [-0.2, -0.15) is 5.26 Å². The van der Waals surface area contributed by atoms with Gasteiger partial charge in [0.05, 0.1) is 11.4 Å². The van der Waals surface area contributed by atoms with E-state index in [0.717, 1.165) is 33.4 Å². The predicted molar refractivity (Wildman–Crippen MR) is 91.9 cm³/mol. The molecule has 0 radical (unpaired) electrons. The number of nitrogens with zero attached hydrogens (tertiary/aromatic N) is 4. The highest BCUT2D eigenvalue weighted by Crippen LogP contribution is 2.23. The summed E-state index contributed by atoms with van der Waals surface area (Å²) in [5, 5.41) is 18.8. The van der Waals surface area contributed by atoms with Crippen LogP contribution >= 0.6 is 0 Å². The number of hydrogen-bond donors (Lipinski definition) is 1. The molecule has 2 aromatic carbocycles. The van der Waals surface area contributed by atoms with E-state index in [0.29, 0.717) is 12.1 Å². The van der Waals surface area contributed by atoms with Gasteiger partial charge in [0.25, 0.3) is 0 Å². The molecule has 0 spiro atoms. The van der Waals surface area contributed by atoms with Crippen molar-refractivity contribution in [1.29, 1.82) is 5.26 Å². The molecule has 0 unspecified atom stereocenters. The number of aryl methyl sites for hydroxylation is 1. The van der Waals surface area contributed by atoms with E-state index in [1.54, 1.807) is 4.68 Å². The number of fused-ring (bicyclic) bond motifs is 1. The average molecular weight is 313 g/mol. The number of para-hydroxylation sites is 1. The molecule has 0 saturated carbocycles. The molecule has 0 amide bonds. The third kappa shape index (κ3) is 2.34. The Bertz CT molecular complexity index is 1060. The van der Waals surface area contributed by atoms with Crippen LogP contribution in [0.1, 0.15) is 22.5 Å². The van der Waals surface area contributed by atoms with Gasteiger partial charge >= 0.3 is 0 Å². The molecule has 5 nitrogen and oxygen atoms in total. The second kappa shape index (κ2) is 5.67. The highest BCUT2D eigenvalue weighted by Gasteiger charge is 2.16. The molecule has 0 fully saturated rings. The summed E-state index contributed by atoms with van der Waals surface area (Å²) in [4.78, 5) is 3.27. The van der Waals surface area contributed by atoms with E-state index >= 15 is 0 Å². The average Bonchev–Trinajstić information content (AvgIpc) is 3.20. The number of aromatic nitrogens is 4. The molecule has 24 heavy (non-hydrogen) atoms. The molecule has 1 N–H and O–H groups in total. The Morgan fingerprint density at radius 2 is 2.04 bits per heavy atom. The smallest absolute Gasteiger partial charge is 0.186 e. The van der Waals surface area contributed by atoms with Gasteiger partial charge in [-0.05, 0) is 36.2 Å². The van der Waals surface area contributed by atoms with Crippen LogP contribution in [0.2, 0.25) is 0 Å². The number of rotatable bonds is 3. The Labute approximate surface area is 139 Å². The van der Waals surface area contributed by atoms with Crippen LogP contribution < -0.4 is 0 Å². The Morgan fingerprint density at radius 1 is 1.17 bits per heavy atom. The summed E-state index contributed by atoms with van der Waals surface area (Å²) in [5.41, 5.74) is 5.42. The van der Waals surface area contributed by atoms with E-state index in [9.17, 15) is 5.26 Å². The predicted octanol–water partition coefficient (Wildman–Crippen LogP) is 3.52. The molecule has 0 atom stereocenters. The zero-order valence-corrected chi connectivity index (χ0v) is 13.2. The zero-order chi connectivity index (χ0) is 16.5. The number of aromatic amines is 1. The maximum atomic E-state index is 9.40.